The largest absolute Gasteiger partial charge is 0.480 e. The second-order valence-electron chi connectivity index (χ2n) is 4.62. The molecular weight excluding hydrogens is 235 g/mol. The minimum Gasteiger partial charge on any atom is -0.480 e. The third-order valence-corrected chi connectivity index (χ3v) is 3.21. The van der Waals surface area contributed by atoms with E-state index >= 15 is 0 Å². The van der Waals surface area contributed by atoms with Crippen molar-refractivity contribution in [2.75, 3.05) is 6.54 Å². The number of pyridine rings is 1. The molecule has 1 atom stereocenters. The fraction of sp³-hybridized carbons (Fsp3) is 0.538. The number of aromatic nitrogens is 1. The van der Waals surface area contributed by atoms with Gasteiger partial charge in [-0.1, -0.05) is 6.92 Å². The second kappa shape index (κ2) is 5.44. The van der Waals surface area contributed by atoms with Gasteiger partial charge in [0.15, 0.2) is 0 Å². The second-order valence-corrected chi connectivity index (χ2v) is 4.62. The van der Waals surface area contributed by atoms with Crippen LogP contribution in [-0.2, 0) is 4.79 Å². The average Bonchev–Trinajstić information content (AvgIpc) is 3.14. The summed E-state index contributed by atoms with van der Waals surface area (Å²) in [6.45, 7) is 2.01. The Morgan fingerprint density at radius 1 is 1.61 bits per heavy atom. The van der Waals surface area contributed by atoms with E-state index in [0.29, 0.717) is 6.04 Å². The van der Waals surface area contributed by atoms with Crippen molar-refractivity contribution in [1.82, 2.24) is 9.88 Å². The number of nitrogens with zero attached hydrogens (tertiary/aromatic N) is 2. The molecule has 0 radical (unpaired) electrons. The molecule has 0 saturated heterocycles. The number of carboxylic acids is 1. The summed E-state index contributed by atoms with van der Waals surface area (Å²) in [5.74, 6) is -1.20. The van der Waals surface area contributed by atoms with Gasteiger partial charge in [-0.05, 0) is 31.4 Å². The summed E-state index contributed by atoms with van der Waals surface area (Å²) >= 11 is 0. The van der Waals surface area contributed by atoms with E-state index in [0.717, 1.165) is 25.0 Å². The molecule has 1 fully saturated rings. The molecule has 0 aromatic carbocycles. The summed E-state index contributed by atoms with van der Waals surface area (Å²) in [5, 5.41) is 8.97. The fourth-order valence-corrected chi connectivity index (χ4v) is 2.25. The molecule has 1 aromatic heterocycles. The zero-order chi connectivity index (χ0) is 13.1. The molecule has 2 rings (SSSR count). The van der Waals surface area contributed by atoms with Gasteiger partial charge in [0.1, 0.15) is 5.82 Å². The fourth-order valence-electron chi connectivity index (χ4n) is 2.25. The van der Waals surface area contributed by atoms with Crippen LogP contribution in [0.15, 0.2) is 18.3 Å². The van der Waals surface area contributed by atoms with E-state index < -0.39 is 5.97 Å². The maximum absolute atomic E-state index is 12.9. The molecule has 5 heteroatoms. The van der Waals surface area contributed by atoms with Crippen LogP contribution in [-0.4, -0.2) is 33.5 Å². The Morgan fingerprint density at radius 3 is 2.78 bits per heavy atom. The Hall–Kier alpha value is -1.49. The van der Waals surface area contributed by atoms with E-state index in [1.54, 1.807) is 6.07 Å². The third-order valence-electron chi connectivity index (χ3n) is 3.21. The minimum absolute atomic E-state index is 0.0161. The van der Waals surface area contributed by atoms with Gasteiger partial charge in [0, 0.05) is 6.04 Å². The van der Waals surface area contributed by atoms with Crippen LogP contribution < -0.4 is 0 Å². The summed E-state index contributed by atoms with van der Waals surface area (Å²) < 4.78 is 12.9. The molecule has 1 aromatic rings. The zero-order valence-electron chi connectivity index (χ0n) is 10.3. The van der Waals surface area contributed by atoms with Crippen LogP contribution in [0.5, 0.6) is 0 Å². The summed E-state index contributed by atoms with van der Waals surface area (Å²) in [5.41, 5.74) is 0.743. The van der Waals surface area contributed by atoms with Crippen molar-refractivity contribution in [3.8, 4) is 0 Å². The molecule has 1 saturated carbocycles. The van der Waals surface area contributed by atoms with Crippen LogP contribution >= 0.6 is 0 Å². The highest BCUT2D eigenvalue weighted by molar-refractivity contribution is 5.69. The molecular formula is C13H17FN2O2. The third kappa shape index (κ3) is 3.04. The van der Waals surface area contributed by atoms with E-state index in [9.17, 15) is 9.18 Å². The normalized spacial score (nSPS) is 16.8. The maximum Gasteiger partial charge on any atom is 0.317 e. The van der Waals surface area contributed by atoms with Gasteiger partial charge >= 0.3 is 5.97 Å². The lowest BCUT2D eigenvalue weighted by molar-refractivity contribution is -0.139. The Bertz CT molecular complexity index is 418. The van der Waals surface area contributed by atoms with Crippen molar-refractivity contribution in [3.05, 3.63) is 29.8 Å². The number of hydrogen-bond donors (Lipinski definition) is 1. The number of aliphatic carboxylic acids is 1. The monoisotopic (exact) mass is 252 g/mol. The van der Waals surface area contributed by atoms with Crippen molar-refractivity contribution in [2.24, 2.45) is 0 Å². The summed E-state index contributed by atoms with van der Waals surface area (Å²) in [6, 6.07) is 3.30. The van der Waals surface area contributed by atoms with Crippen LogP contribution in [0.4, 0.5) is 4.39 Å². The quantitative estimate of drug-likeness (QED) is 0.843. The molecule has 1 unspecified atom stereocenters. The van der Waals surface area contributed by atoms with E-state index in [1.165, 1.54) is 12.3 Å². The predicted octanol–water partition coefficient (Wildman–Crippen LogP) is 2.22. The lowest BCUT2D eigenvalue weighted by Crippen LogP contribution is -2.35. The Kier molecular flexibility index (Phi) is 3.91. The molecule has 0 spiro atoms. The average molecular weight is 252 g/mol. The summed E-state index contributed by atoms with van der Waals surface area (Å²) in [7, 11) is 0. The molecule has 1 aliphatic carbocycles. The lowest BCUT2D eigenvalue weighted by atomic mass is 10.1. The van der Waals surface area contributed by atoms with Gasteiger partial charge in [0.05, 0.1) is 24.5 Å². The van der Waals surface area contributed by atoms with Gasteiger partial charge in [0.2, 0.25) is 0 Å². The number of carboxylic acid groups (broad SMARTS) is 1. The van der Waals surface area contributed by atoms with Gasteiger partial charge in [-0.25, -0.2) is 4.39 Å². The van der Waals surface area contributed by atoms with E-state index in [2.05, 4.69) is 4.98 Å². The highest BCUT2D eigenvalue weighted by atomic mass is 19.1. The van der Waals surface area contributed by atoms with Crippen molar-refractivity contribution < 1.29 is 14.3 Å². The van der Waals surface area contributed by atoms with E-state index in [4.69, 9.17) is 5.11 Å². The summed E-state index contributed by atoms with van der Waals surface area (Å²) in [6.07, 6.45) is 4.02. The molecule has 4 nitrogen and oxygen atoms in total. The first-order valence-electron chi connectivity index (χ1n) is 6.20. The zero-order valence-corrected chi connectivity index (χ0v) is 10.3. The smallest absolute Gasteiger partial charge is 0.317 e. The van der Waals surface area contributed by atoms with Gasteiger partial charge in [-0.3, -0.25) is 14.7 Å². The number of rotatable bonds is 6. The maximum atomic E-state index is 12.9. The first-order chi connectivity index (χ1) is 8.61. The molecule has 18 heavy (non-hydrogen) atoms. The summed E-state index contributed by atoms with van der Waals surface area (Å²) in [4.78, 5) is 17.0. The van der Waals surface area contributed by atoms with Crippen LogP contribution in [0.2, 0.25) is 0 Å². The van der Waals surface area contributed by atoms with Crippen molar-refractivity contribution in [2.45, 2.75) is 38.3 Å². The van der Waals surface area contributed by atoms with Gasteiger partial charge < -0.3 is 5.11 Å². The van der Waals surface area contributed by atoms with E-state index in [1.807, 2.05) is 11.8 Å². The van der Waals surface area contributed by atoms with Crippen LogP contribution in [0.25, 0.3) is 0 Å². The first-order valence-corrected chi connectivity index (χ1v) is 6.20. The number of hydrogen-bond acceptors (Lipinski definition) is 3. The van der Waals surface area contributed by atoms with Gasteiger partial charge in [-0.2, -0.15) is 0 Å². The highest BCUT2D eigenvalue weighted by Gasteiger charge is 2.35. The van der Waals surface area contributed by atoms with Crippen LogP contribution in [0.1, 0.15) is 37.9 Å². The molecule has 0 amide bonds. The lowest BCUT2D eigenvalue weighted by Gasteiger charge is -2.29. The van der Waals surface area contributed by atoms with Crippen molar-refractivity contribution in [3.63, 3.8) is 0 Å². The number of carbonyl (C=O) groups is 1. The molecule has 98 valence electrons. The molecule has 1 N–H and O–H groups in total. The van der Waals surface area contributed by atoms with Crippen molar-refractivity contribution in [1.29, 1.82) is 0 Å². The van der Waals surface area contributed by atoms with E-state index in [-0.39, 0.29) is 18.4 Å². The van der Waals surface area contributed by atoms with Gasteiger partial charge in [0.25, 0.3) is 0 Å². The number of halogens is 1. The first kappa shape index (κ1) is 13.0. The van der Waals surface area contributed by atoms with Gasteiger partial charge in [-0.15, -0.1) is 0 Å². The molecule has 1 aliphatic rings. The minimum atomic E-state index is -0.831. The Morgan fingerprint density at radius 2 is 2.33 bits per heavy atom. The standard InChI is InChI=1S/C13H17FN2O2/c1-2-12(11-6-3-9(14)7-15-11)16(8-13(17)18)10-4-5-10/h3,6-7,10,12H,2,4-5,8H2,1H3,(H,17,18). The van der Waals surface area contributed by atoms with Crippen LogP contribution in [0, 0.1) is 5.82 Å². The predicted molar refractivity (Wildman–Crippen MR) is 64.6 cm³/mol. The Balaban J connectivity index is 2.18. The highest BCUT2D eigenvalue weighted by Crippen LogP contribution is 2.35. The van der Waals surface area contributed by atoms with Crippen LogP contribution in [0.3, 0.4) is 0 Å². The SMILES string of the molecule is CCC(c1ccc(F)cn1)N(CC(=O)O)C1CC1. The Labute approximate surface area is 105 Å². The molecule has 1 heterocycles. The van der Waals surface area contributed by atoms with Crippen molar-refractivity contribution >= 4 is 5.97 Å². The molecule has 0 bridgehead atoms. The topological polar surface area (TPSA) is 53.4 Å². The molecule has 0 aliphatic heterocycles.